The Hall–Kier alpha value is -1.10. The van der Waals surface area contributed by atoms with Crippen molar-refractivity contribution in [3.05, 3.63) is 0 Å². The maximum atomic E-state index is 11.6. The van der Waals surface area contributed by atoms with Gasteiger partial charge in [0.1, 0.15) is 12.2 Å². The van der Waals surface area contributed by atoms with Crippen LogP contribution in [0.25, 0.3) is 0 Å². The van der Waals surface area contributed by atoms with Crippen LogP contribution in [0.1, 0.15) is 117 Å². The Morgan fingerprint density at radius 3 is 1.93 bits per heavy atom. The lowest BCUT2D eigenvalue weighted by atomic mass is 10.0. The molecule has 2 atom stereocenters. The minimum absolute atomic E-state index is 0.148. The number of unbranched alkanes of at least 4 members (excludes halogenated alkanes) is 13. The molecule has 0 radical (unpaired) electrons. The molecule has 1 saturated heterocycles. The first-order valence-corrected chi connectivity index (χ1v) is 12.1. The zero-order valence-electron chi connectivity index (χ0n) is 18.9. The standard InChI is InChI=1S/C24H44O5/c1-3-4-5-6-7-8-9-10-11-12-13-14-15-16-17-27-20-23-18-22(28-21(2)25)19-24(26)29-23/h22-23H,3-20H2,1-2H3/t22-,23+/m1/s1. The van der Waals surface area contributed by atoms with E-state index in [1.54, 1.807) is 0 Å². The number of hydrogen-bond acceptors (Lipinski definition) is 5. The van der Waals surface area contributed by atoms with Crippen molar-refractivity contribution in [2.45, 2.75) is 129 Å². The van der Waals surface area contributed by atoms with Gasteiger partial charge < -0.3 is 14.2 Å². The van der Waals surface area contributed by atoms with Crippen molar-refractivity contribution in [1.82, 2.24) is 0 Å². The van der Waals surface area contributed by atoms with Crippen molar-refractivity contribution in [3.8, 4) is 0 Å². The van der Waals surface area contributed by atoms with Crippen molar-refractivity contribution in [1.29, 1.82) is 0 Å². The van der Waals surface area contributed by atoms with E-state index >= 15 is 0 Å². The highest BCUT2D eigenvalue weighted by Gasteiger charge is 2.30. The van der Waals surface area contributed by atoms with Crippen molar-refractivity contribution >= 4 is 11.9 Å². The third-order valence-electron chi connectivity index (χ3n) is 5.50. The van der Waals surface area contributed by atoms with E-state index in [0.29, 0.717) is 19.6 Å². The summed E-state index contributed by atoms with van der Waals surface area (Å²) in [5.41, 5.74) is 0. The smallest absolute Gasteiger partial charge is 0.309 e. The van der Waals surface area contributed by atoms with Gasteiger partial charge in [0.2, 0.25) is 0 Å². The second-order valence-corrected chi connectivity index (χ2v) is 8.45. The van der Waals surface area contributed by atoms with Crippen LogP contribution in [-0.4, -0.2) is 37.4 Å². The molecule has 1 rings (SSSR count). The summed E-state index contributed by atoms with van der Waals surface area (Å²) in [6.07, 6.45) is 18.8. The first-order valence-electron chi connectivity index (χ1n) is 12.1. The molecule has 170 valence electrons. The second kappa shape index (κ2) is 17.7. The van der Waals surface area contributed by atoms with E-state index in [9.17, 15) is 9.59 Å². The maximum absolute atomic E-state index is 11.6. The molecule has 1 aliphatic heterocycles. The molecule has 1 aliphatic rings. The number of cyclic esters (lactones) is 1. The van der Waals surface area contributed by atoms with Crippen LogP contribution in [0.3, 0.4) is 0 Å². The molecule has 29 heavy (non-hydrogen) atoms. The molecule has 0 amide bonds. The molecule has 0 unspecified atom stereocenters. The van der Waals surface area contributed by atoms with Gasteiger partial charge in [0.05, 0.1) is 13.0 Å². The van der Waals surface area contributed by atoms with Gasteiger partial charge in [0, 0.05) is 20.0 Å². The molecule has 0 aromatic rings. The first kappa shape index (κ1) is 25.9. The van der Waals surface area contributed by atoms with Crippen LogP contribution in [0, 0.1) is 0 Å². The van der Waals surface area contributed by atoms with Crippen molar-refractivity contribution in [2.24, 2.45) is 0 Å². The molecular weight excluding hydrogens is 368 g/mol. The molecule has 0 spiro atoms. The van der Waals surface area contributed by atoms with Gasteiger partial charge in [-0.3, -0.25) is 9.59 Å². The molecule has 0 N–H and O–H groups in total. The SMILES string of the molecule is CCCCCCCCCCCCCCCCOC[C@@H]1C[C@@H](OC(C)=O)CC(=O)O1. The summed E-state index contributed by atoms with van der Waals surface area (Å²) in [6, 6.07) is 0. The predicted octanol–water partition coefficient (Wildman–Crippen LogP) is 6.12. The quantitative estimate of drug-likeness (QED) is 0.200. The van der Waals surface area contributed by atoms with E-state index < -0.39 is 0 Å². The Morgan fingerprint density at radius 2 is 1.41 bits per heavy atom. The Kier molecular flexibility index (Phi) is 15.9. The lowest BCUT2D eigenvalue weighted by molar-refractivity contribution is -0.171. The third-order valence-corrected chi connectivity index (χ3v) is 5.50. The normalized spacial score (nSPS) is 19.2. The van der Waals surface area contributed by atoms with Crippen LogP contribution < -0.4 is 0 Å². The predicted molar refractivity (Wildman–Crippen MR) is 116 cm³/mol. The van der Waals surface area contributed by atoms with Gasteiger partial charge in [-0.1, -0.05) is 90.4 Å². The van der Waals surface area contributed by atoms with Crippen molar-refractivity contribution < 1.29 is 23.8 Å². The minimum Gasteiger partial charge on any atom is -0.462 e. The summed E-state index contributed by atoms with van der Waals surface area (Å²) in [4.78, 5) is 22.6. The summed E-state index contributed by atoms with van der Waals surface area (Å²) in [5, 5.41) is 0. The van der Waals surface area contributed by atoms with Gasteiger partial charge in [-0.15, -0.1) is 0 Å². The highest BCUT2D eigenvalue weighted by molar-refractivity contribution is 5.72. The Labute approximate surface area is 178 Å². The van der Waals surface area contributed by atoms with Gasteiger partial charge >= 0.3 is 11.9 Å². The summed E-state index contributed by atoms with van der Waals surface area (Å²) in [7, 11) is 0. The van der Waals surface area contributed by atoms with Gasteiger partial charge in [-0.05, 0) is 6.42 Å². The van der Waals surface area contributed by atoms with Gasteiger partial charge in [-0.2, -0.15) is 0 Å². The van der Waals surface area contributed by atoms with Crippen LogP contribution in [0.4, 0.5) is 0 Å². The highest BCUT2D eigenvalue weighted by atomic mass is 16.6. The monoisotopic (exact) mass is 412 g/mol. The zero-order chi connectivity index (χ0) is 21.2. The summed E-state index contributed by atoms with van der Waals surface area (Å²) < 4.78 is 16.1. The number of hydrogen-bond donors (Lipinski definition) is 0. The van der Waals surface area contributed by atoms with E-state index in [-0.39, 0.29) is 30.6 Å². The maximum Gasteiger partial charge on any atom is 0.309 e. The molecule has 5 nitrogen and oxygen atoms in total. The molecule has 1 fully saturated rings. The van der Waals surface area contributed by atoms with Crippen LogP contribution >= 0.6 is 0 Å². The minimum atomic E-state index is -0.372. The molecular formula is C24H44O5. The fourth-order valence-corrected chi connectivity index (χ4v) is 3.88. The molecule has 5 heteroatoms. The lowest BCUT2D eigenvalue weighted by Crippen LogP contribution is -2.37. The second-order valence-electron chi connectivity index (χ2n) is 8.45. The fourth-order valence-electron chi connectivity index (χ4n) is 3.88. The Morgan fingerprint density at radius 1 is 0.897 bits per heavy atom. The van der Waals surface area contributed by atoms with Crippen LogP contribution in [-0.2, 0) is 23.8 Å². The number of carbonyl (C=O) groups excluding carboxylic acids is 2. The first-order chi connectivity index (χ1) is 14.1. The van der Waals surface area contributed by atoms with E-state index in [2.05, 4.69) is 6.92 Å². The molecule has 0 aromatic carbocycles. The molecule has 0 aliphatic carbocycles. The number of carbonyl (C=O) groups is 2. The highest BCUT2D eigenvalue weighted by Crippen LogP contribution is 2.19. The van der Waals surface area contributed by atoms with Crippen molar-refractivity contribution in [3.63, 3.8) is 0 Å². The number of rotatable bonds is 18. The van der Waals surface area contributed by atoms with Gasteiger partial charge in [0.25, 0.3) is 0 Å². The molecule has 0 aromatic heterocycles. The van der Waals surface area contributed by atoms with Crippen LogP contribution in [0.2, 0.25) is 0 Å². The molecule has 0 bridgehead atoms. The van der Waals surface area contributed by atoms with E-state index in [1.807, 2.05) is 0 Å². The van der Waals surface area contributed by atoms with Gasteiger partial charge in [-0.25, -0.2) is 0 Å². The van der Waals surface area contributed by atoms with E-state index in [0.717, 1.165) is 6.42 Å². The van der Waals surface area contributed by atoms with Gasteiger partial charge in [0.15, 0.2) is 0 Å². The molecule has 0 saturated carbocycles. The largest absolute Gasteiger partial charge is 0.462 e. The Bertz CT molecular complexity index is 421. The summed E-state index contributed by atoms with van der Waals surface area (Å²) in [6.45, 7) is 4.72. The lowest BCUT2D eigenvalue weighted by Gasteiger charge is -2.28. The summed E-state index contributed by atoms with van der Waals surface area (Å²) in [5.74, 6) is -0.667. The van der Waals surface area contributed by atoms with E-state index in [1.165, 1.54) is 90.4 Å². The van der Waals surface area contributed by atoms with Crippen LogP contribution in [0.15, 0.2) is 0 Å². The average molecular weight is 413 g/mol. The molecule has 1 heterocycles. The van der Waals surface area contributed by atoms with Crippen LogP contribution in [0.5, 0.6) is 0 Å². The van der Waals surface area contributed by atoms with E-state index in [4.69, 9.17) is 14.2 Å². The summed E-state index contributed by atoms with van der Waals surface area (Å²) >= 11 is 0. The zero-order valence-corrected chi connectivity index (χ0v) is 18.9. The Balaban J connectivity index is 1.84. The average Bonchev–Trinajstić information content (AvgIpc) is 2.66. The fraction of sp³-hybridized carbons (Fsp3) is 0.917. The topological polar surface area (TPSA) is 61.8 Å². The number of esters is 2. The number of ether oxygens (including phenoxy) is 3. The third kappa shape index (κ3) is 15.4. The van der Waals surface area contributed by atoms with Crippen molar-refractivity contribution in [2.75, 3.05) is 13.2 Å².